The fourth-order valence-electron chi connectivity index (χ4n) is 2.31. The quantitative estimate of drug-likeness (QED) is 0.750. The number of amides is 1. The van der Waals surface area contributed by atoms with Crippen molar-refractivity contribution in [1.82, 2.24) is 4.90 Å². The van der Waals surface area contributed by atoms with E-state index in [-0.39, 0.29) is 0 Å². The second kappa shape index (κ2) is 5.50. The molecule has 0 aromatic carbocycles. The monoisotopic (exact) mass is 212 g/mol. The Morgan fingerprint density at radius 2 is 2.13 bits per heavy atom. The molecule has 1 aliphatic rings. The summed E-state index contributed by atoms with van der Waals surface area (Å²) in [6, 6.07) is 0. The standard InChI is InChI=1S/C12H24N2O/c1-9(2)4-11-5-12(15)14(8-11)7-10(3)6-13/h9-11H,4-8,13H2,1-3H3. The Kier molecular flexibility index (Phi) is 4.58. The summed E-state index contributed by atoms with van der Waals surface area (Å²) in [5.41, 5.74) is 5.57. The molecule has 88 valence electrons. The molecule has 0 aliphatic carbocycles. The van der Waals surface area contributed by atoms with Crippen molar-refractivity contribution >= 4 is 5.91 Å². The fraction of sp³-hybridized carbons (Fsp3) is 0.917. The van der Waals surface area contributed by atoms with Crippen molar-refractivity contribution in [2.75, 3.05) is 19.6 Å². The number of nitrogens with two attached hydrogens (primary N) is 1. The van der Waals surface area contributed by atoms with Crippen LogP contribution in [0.15, 0.2) is 0 Å². The molecule has 2 unspecified atom stereocenters. The smallest absolute Gasteiger partial charge is 0.222 e. The molecule has 15 heavy (non-hydrogen) atoms. The molecule has 1 heterocycles. The van der Waals surface area contributed by atoms with Gasteiger partial charge < -0.3 is 10.6 Å². The summed E-state index contributed by atoms with van der Waals surface area (Å²) < 4.78 is 0. The molecule has 1 fully saturated rings. The van der Waals surface area contributed by atoms with Crippen molar-refractivity contribution in [1.29, 1.82) is 0 Å². The van der Waals surface area contributed by atoms with Gasteiger partial charge in [0.15, 0.2) is 0 Å². The van der Waals surface area contributed by atoms with Gasteiger partial charge in [-0.1, -0.05) is 20.8 Å². The van der Waals surface area contributed by atoms with Crippen LogP contribution in [0.5, 0.6) is 0 Å². The van der Waals surface area contributed by atoms with E-state index in [1.54, 1.807) is 0 Å². The normalized spacial score (nSPS) is 23.9. The maximum absolute atomic E-state index is 11.7. The third-order valence-corrected chi connectivity index (χ3v) is 3.03. The lowest BCUT2D eigenvalue weighted by molar-refractivity contribution is -0.128. The SMILES string of the molecule is CC(C)CC1CC(=O)N(CC(C)CN)C1. The number of carbonyl (C=O) groups excluding carboxylic acids is 1. The lowest BCUT2D eigenvalue weighted by Crippen LogP contribution is -2.32. The van der Waals surface area contributed by atoms with Crippen LogP contribution in [0.2, 0.25) is 0 Å². The highest BCUT2D eigenvalue weighted by atomic mass is 16.2. The summed E-state index contributed by atoms with van der Waals surface area (Å²) >= 11 is 0. The first-order chi connectivity index (χ1) is 7.02. The molecule has 0 spiro atoms. The molecule has 0 aromatic heterocycles. The van der Waals surface area contributed by atoms with Gasteiger partial charge in [0.2, 0.25) is 5.91 Å². The average Bonchev–Trinajstić information content (AvgIpc) is 2.45. The summed E-state index contributed by atoms with van der Waals surface area (Å²) in [7, 11) is 0. The van der Waals surface area contributed by atoms with Crippen LogP contribution in [-0.4, -0.2) is 30.4 Å². The van der Waals surface area contributed by atoms with E-state index >= 15 is 0 Å². The Hall–Kier alpha value is -0.570. The predicted molar refractivity (Wildman–Crippen MR) is 62.4 cm³/mol. The van der Waals surface area contributed by atoms with Gasteiger partial charge in [0.05, 0.1) is 0 Å². The third-order valence-electron chi connectivity index (χ3n) is 3.03. The van der Waals surface area contributed by atoms with E-state index in [1.807, 2.05) is 4.90 Å². The van der Waals surface area contributed by atoms with Crippen molar-refractivity contribution in [2.24, 2.45) is 23.5 Å². The van der Waals surface area contributed by atoms with Gasteiger partial charge in [0.25, 0.3) is 0 Å². The Morgan fingerprint density at radius 3 is 2.67 bits per heavy atom. The van der Waals surface area contributed by atoms with E-state index in [9.17, 15) is 4.79 Å². The van der Waals surface area contributed by atoms with Crippen LogP contribution in [0.1, 0.15) is 33.6 Å². The highest BCUT2D eigenvalue weighted by Crippen LogP contribution is 2.24. The van der Waals surface area contributed by atoms with Crippen LogP contribution in [0.3, 0.4) is 0 Å². The molecule has 1 aliphatic heterocycles. The molecular formula is C12H24N2O. The van der Waals surface area contributed by atoms with E-state index in [0.29, 0.717) is 30.2 Å². The minimum absolute atomic E-state index is 0.320. The maximum Gasteiger partial charge on any atom is 0.222 e. The van der Waals surface area contributed by atoms with E-state index < -0.39 is 0 Å². The molecular weight excluding hydrogens is 188 g/mol. The summed E-state index contributed by atoms with van der Waals surface area (Å²) in [5.74, 6) is 2.00. The van der Waals surface area contributed by atoms with Gasteiger partial charge in [0.1, 0.15) is 0 Å². The lowest BCUT2D eigenvalue weighted by Gasteiger charge is -2.20. The zero-order valence-corrected chi connectivity index (χ0v) is 10.2. The second-order valence-corrected chi connectivity index (χ2v) is 5.34. The van der Waals surface area contributed by atoms with Crippen LogP contribution in [0.4, 0.5) is 0 Å². The third kappa shape index (κ3) is 3.82. The average molecular weight is 212 g/mol. The van der Waals surface area contributed by atoms with E-state index in [2.05, 4.69) is 20.8 Å². The minimum atomic E-state index is 0.320. The van der Waals surface area contributed by atoms with Crippen LogP contribution in [0.25, 0.3) is 0 Å². The van der Waals surface area contributed by atoms with Gasteiger partial charge in [0, 0.05) is 19.5 Å². The molecule has 3 heteroatoms. The Bertz CT molecular complexity index is 216. The van der Waals surface area contributed by atoms with E-state index in [1.165, 1.54) is 6.42 Å². The summed E-state index contributed by atoms with van der Waals surface area (Å²) in [5, 5.41) is 0. The Labute approximate surface area is 93.0 Å². The van der Waals surface area contributed by atoms with Crippen molar-refractivity contribution in [3.05, 3.63) is 0 Å². The number of hydrogen-bond donors (Lipinski definition) is 1. The molecule has 2 N–H and O–H groups in total. The number of likely N-dealkylation sites (tertiary alicyclic amines) is 1. The predicted octanol–water partition coefficient (Wildman–Crippen LogP) is 1.48. The van der Waals surface area contributed by atoms with Crippen molar-refractivity contribution < 1.29 is 4.79 Å². The first-order valence-electron chi connectivity index (χ1n) is 6.00. The number of nitrogens with zero attached hydrogens (tertiary/aromatic N) is 1. The van der Waals surface area contributed by atoms with Gasteiger partial charge in [-0.2, -0.15) is 0 Å². The van der Waals surface area contributed by atoms with E-state index in [0.717, 1.165) is 19.5 Å². The van der Waals surface area contributed by atoms with Gasteiger partial charge >= 0.3 is 0 Å². The molecule has 0 saturated carbocycles. The van der Waals surface area contributed by atoms with Crippen molar-refractivity contribution in [3.63, 3.8) is 0 Å². The molecule has 0 bridgehead atoms. The number of rotatable bonds is 5. The summed E-state index contributed by atoms with van der Waals surface area (Å²) in [4.78, 5) is 13.7. The van der Waals surface area contributed by atoms with Gasteiger partial charge in [-0.25, -0.2) is 0 Å². The summed E-state index contributed by atoms with van der Waals surface area (Å²) in [6.45, 7) is 8.98. The molecule has 0 radical (unpaired) electrons. The molecule has 2 atom stereocenters. The zero-order chi connectivity index (χ0) is 11.4. The molecule has 1 rings (SSSR count). The van der Waals surface area contributed by atoms with Gasteiger partial charge in [-0.15, -0.1) is 0 Å². The summed E-state index contributed by atoms with van der Waals surface area (Å²) in [6.07, 6.45) is 1.91. The fourth-order valence-corrected chi connectivity index (χ4v) is 2.31. The van der Waals surface area contributed by atoms with Gasteiger partial charge in [-0.3, -0.25) is 4.79 Å². The van der Waals surface area contributed by atoms with Crippen molar-refractivity contribution in [2.45, 2.75) is 33.6 Å². The molecule has 3 nitrogen and oxygen atoms in total. The van der Waals surface area contributed by atoms with E-state index in [4.69, 9.17) is 5.73 Å². The first kappa shape index (κ1) is 12.5. The molecule has 1 amide bonds. The second-order valence-electron chi connectivity index (χ2n) is 5.34. The lowest BCUT2D eigenvalue weighted by atomic mass is 9.96. The maximum atomic E-state index is 11.7. The highest BCUT2D eigenvalue weighted by Gasteiger charge is 2.30. The van der Waals surface area contributed by atoms with Crippen molar-refractivity contribution in [3.8, 4) is 0 Å². The van der Waals surface area contributed by atoms with Gasteiger partial charge in [-0.05, 0) is 30.7 Å². The number of carbonyl (C=O) groups is 1. The first-order valence-corrected chi connectivity index (χ1v) is 6.00. The largest absolute Gasteiger partial charge is 0.342 e. The van der Waals surface area contributed by atoms with Crippen LogP contribution < -0.4 is 5.73 Å². The Morgan fingerprint density at radius 1 is 1.47 bits per heavy atom. The molecule has 0 aromatic rings. The minimum Gasteiger partial charge on any atom is -0.342 e. The van der Waals surface area contributed by atoms with Crippen LogP contribution in [-0.2, 0) is 4.79 Å². The number of hydrogen-bond acceptors (Lipinski definition) is 2. The molecule has 1 saturated heterocycles. The van der Waals surface area contributed by atoms with Crippen LogP contribution >= 0.6 is 0 Å². The highest BCUT2D eigenvalue weighted by molar-refractivity contribution is 5.78. The Balaban J connectivity index is 2.39. The topological polar surface area (TPSA) is 46.3 Å². The van der Waals surface area contributed by atoms with Crippen LogP contribution in [0, 0.1) is 17.8 Å². The zero-order valence-electron chi connectivity index (χ0n) is 10.2.